The molecule has 2 amide bonds. The van der Waals surface area contributed by atoms with E-state index in [4.69, 9.17) is 0 Å². The van der Waals surface area contributed by atoms with E-state index in [1.54, 1.807) is 0 Å². The lowest BCUT2D eigenvalue weighted by Gasteiger charge is -2.21. The highest BCUT2D eigenvalue weighted by Gasteiger charge is 2.21. The summed E-state index contributed by atoms with van der Waals surface area (Å²) < 4.78 is 0. The zero-order valence-electron chi connectivity index (χ0n) is 15.6. The summed E-state index contributed by atoms with van der Waals surface area (Å²) in [7, 11) is 0. The molecule has 0 aliphatic rings. The first-order valence-corrected chi connectivity index (χ1v) is 9.28. The molecule has 0 saturated heterocycles. The van der Waals surface area contributed by atoms with Gasteiger partial charge in [0.25, 0.3) is 0 Å². The number of benzene rings is 2. The van der Waals surface area contributed by atoms with Gasteiger partial charge in [0.2, 0.25) is 11.8 Å². The summed E-state index contributed by atoms with van der Waals surface area (Å²) in [5, 5.41) is 5.90. The number of hydrogen-bond acceptors (Lipinski definition) is 2. The van der Waals surface area contributed by atoms with Crippen LogP contribution >= 0.6 is 0 Å². The number of rotatable bonds is 9. The first kappa shape index (κ1) is 19.7. The van der Waals surface area contributed by atoms with E-state index in [0.717, 1.165) is 17.5 Å². The van der Waals surface area contributed by atoms with Crippen LogP contribution in [-0.4, -0.2) is 17.9 Å². The lowest BCUT2D eigenvalue weighted by Crippen LogP contribution is -2.47. The van der Waals surface area contributed by atoms with Crippen molar-refractivity contribution in [3.05, 3.63) is 71.8 Å². The molecule has 4 heteroatoms. The predicted molar refractivity (Wildman–Crippen MR) is 105 cm³/mol. The SMILES string of the molecule is CCCC(NC(=O)CCc1ccccc1)C(=O)NC(C)c1ccccc1. The number of nitrogens with one attached hydrogen (secondary N) is 2. The second-order valence-electron chi connectivity index (χ2n) is 6.54. The molecule has 0 spiro atoms. The molecule has 0 bridgehead atoms. The van der Waals surface area contributed by atoms with Gasteiger partial charge in [0.15, 0.2) is 0 Å². The molecule has 0 radical (unpaired) electrons. The molecule has 2 unspecified atom stereocenters. The van der Waals surface area contributed by atoms with Crippen molar-refractivity contribution in [1.29, 1.82) is 0 Å². The van der Waals surface area contributed by atoms with E-state index in [2.05, 4.69) is 10.6 Å². The maximum Gasteiger partial charge on any atom is 0.243 e. The molecule has 0 fully saturated rings. The number of hydrogen-bond donors (Lipinski definition) is 2. The quantitative estimate of drug-likeness (QED) is 0.721. The van der Waals surface area contributed by atoms with Gasteiger partial charge < -0.3 is 10.6 Å². The monoisotopic (exact) mass is 352 g/mol. The first-order chi connectivity index (χ1) is 12.6. The van der Waals surface area contributed by atoms with Crippen LogP contribution in [0.5, 0.6) is 0 Å². The van der Waals surface area contributed by atoms with Crippen molar-refractivity contribution in [3.8, 4) is 0 Å². The molecule has 138 valence electrons. The Morgan fingerprint density at radius 2 is 1.54 bits per heavy atom. The van der Waals surface area contributed by atoms with Crippen molar-refractivity contribution in [3.63, 3.8) is 0 Å². The Kier molecular flexibility index (Phi) is 7.87. The minimum Gasteiger partial charge on any atom is -0.348 e. The number of amides is 2. The minimum absolute atomic E-state index is 0.0881. The van der Waals surface area contributed by atoms with E-state index >= 15 is 0 Å². The topological polar surface area (TPSA) is 58.2 Å². The van der Waals surface area contributed by atoms with Gasteiger partial charge in [-0.2, -0.15) is 0 Å². The van der Waals surface area contributed by atoms with Crippen LogP contribution in [0.1, 0.15) is 50.3 Å². The Morgan fingerprint density at radius 3 is 2.15 bits per heavy atom. The zero-order chi connectivity index (χ0) is 18.8. The predicted octanol–water partition coefficient (Wildman–Crippen LogP) is 3.78. The molecule has 2 aromatic carbocycles. The van der Waals surface area contributed by atoms with Gasteiger partial charge in [-0.25, -0.2) is 0 Å². The highest BCUT2D eigenvalue weighted by molar-refractivity contribution is 5.87. The molecular weight excluding hydrogens is 324 g/mol. The standard InChI is InChI=1S/C22H28N2O2/c1-3-10-20(22(26)23-17(2)19-13-8-5-9-14-19)24-21(25)16-15-18-11-6-4-7-12-18/h4-9,11-14,17,20H,3,10,15-16H2,1-2H3,(H,23,26)(H,24,25). The third kappa shape index (κ3) is 6.36. The van der Waals surface area contributed by atoms with Crippen LogP contribution in [0.25, 0.3) is 0 Å². The minimum atomic E-state index is -0.491. The van der Waals surface area contributed by atoms with Gasteiger partial charge in [-0.05, 0) is 30.9 Å². The molecule has 0 heterocycles. The van der Waals surface area contributed by atoms with E-state index in [0.29, 0.717) is 19.3 Å². The molecule has 0 aliphatic heterocycles. The number of carbonyl (C=O) groups excluding carboxylic acids is 2. The van der Waals surface area contributed by atoms with Crippen molar-refractivity contribution in [2.24, 2.45) is 0 Å². The average molecular weight is 352 g/mol. The summed E-state index contributed by atoms with van der Waals surface area (Å²) >= 11 is 0. The van der Waals surface area contributed by atoms with E-state index in [1.165, 1.54) is 0 Å². The second-order valence-corrected chi connectivity index (χ2v) is 6.54. The van der Waals surface area contributed by atoms with Crippen molar-refractivity contribution in [2.75, 3.05) is 0 Å². The van der Waals surface area contributed by atoms with Crippen molar-refractivity contribution < 1.29 is 9.59 Å². The fourth-order valence-corrected chi connectivity index (χ4v) is 2.87. The summed E-state index contributed by atoms with van der Waals surface area (Å²) in [4.78, 5) is 24.9. The second kappa shape index (κ2) is 10.4. The molecule has 26 heavy (non-hydrogen) atoms. The normalized spacial score (nSPS) is 12.8. The fourth-order valence-electron chi connectivity index (χ4n) is 2.87. The molecule has 2 atom stereocenters. The molecule has 0 aromatic heterocycles. The van der Waals surface area contributed by atoms with Crippen LogP contribution in [0, 0.1) is 0 Å². The fraction of sp³-hybridized carbons (Fsp3) is 0.364. The van der Waals surface area contributed by atoms with Gasteiger partial charge in [0.05, 0.1) is 6.04 Å². The van der Waals surface area contributed by atoms with E-state index in [1.807, 2.05) is 74.5 Å². The third-order valence-corrected chi connectivity index (χ3v) is 4.37. The third-order valence-electron chi connectivity index (χ3n) is 4.37. The highest BCUT2D eigenvalue weighted by atomic mass is 16.2. The van der Waals surface area contributed by atoms with Crippen molar-refractivity contribution >= 4 is 11.8 Å². The Bertz CT molecular complexity index is 686. The molecule has 0 aliphatic carbocycles. The van der Waals surface area contributed by atoms with E-state index in [9.17, 15) is 9.59 Å². The summed E-state index contributed by atoms with van der Waals surface area (Å²) in [6, 6.07) is 19.1. The number of aryl methyl sites for hydroxylation is 1. The van der Waals surface area contributed by atoms with Gasteiger partial charge >= 0.3 is 0 Å². The van der Waals surface area contributed by atoms with E-state index in [-0.39, 0.29) is 17.9 Å². The molecular formula is C22H28N2O2. The van der Waals surface area contributed by atoms with E-state index < -0.39 is 6.04 Å². The first-order valence-electron chi connectivity index (χ1n) is 9.28. The van der Waals surface area contributed by atoms with Gasteiger partial charge in [-0.1, -0.05) is 74.0 Å². The smallest absolute Gasteiger partial charge is 0.243 e. The Hall–Kier alpha value is -2.62. The Balaban J connectivity index is 1.88. The van der Waals surface area contributed by atoms with Crippen molar-refractivity contribution in [2.45, 2.75) is 51.6 Å². The summed E-state index contributed by atoms with van der Waals surface area (Å²) in [6.45, 7) is 3.96. The maximum atomic E-state index is 12.6. The van der Waals surface area contributed by atoms with Gasteiger partial charge in [0.1, 0.15) is 6.04 Å². The molecule has 4 nitrogen and oxygen atoms in total. The maximum absolute atomic E-state index is 12.6. The van der Waals surface area contributed by atoms with Crippen LogP contribution in [0.2, 0.25) is 0 Å². The lowest BCUT2D eigenvalue weighted by atomic mass is 10.1. The highest BCUT2D eigenvalue weighted by Crippen LogP contribution is 2.12. The molecule has 2 N–H and O–H groups in total. The molecule has 2 rings (SSSR count). The van der Waals surface area contributed by atoms with Crippen LogP contribution < -0.4 is 10.6 Å². The van der Waals surface area contributed by atoms with Gasteiger partial charge in [-0.3, -0.25) is 9.59 Å². The summed E-state index contributed by atoms with van der Waals surface area (Å²) in [6.07, 6.45) is 2.51. The average Bonchev–Trinajstić information content (AvgIpc) is 2.67. The number of carbonyl (C=O) groups is 2. The van der Waals surface area contributed by atoms with Crippen LogP contribution in [0.3, 0.4) is 0 Å². The molecule has 0 saturated carbocycles. The van der Waals surface area contributed by atoms with Crippen LogP contribution in [0.4, 0.5) is 0 Å². The van der Waals surface area contributed by atoms with Gasteiger partial charge in [0, 0.05) is 6.42 Å². The lowest BCUT2D eigenvalue weighted by molar-refractivity contribution is -0.129. The Morgan fingerprint density at radius 1 is 0.923 bits per heavy atom. The van der Waals surface area contributed by atoms with Gasteiger partial charge in [-0.15, -0.1) is 0 Å². The van der Waals surface area contributed by atoms with Crippen LogP contribution in [0.15, 0.2) is 60.7 Å². The Labute approximate surface area is 156 Å². The molecule has 2 aromatic rings. The summed E-state index contributed by atoms with van der Waals surface area (Å²) in [5.41, 5.74) is 2.17. The largest absolute Gasteiger partial charge is 0.348 e. The summed E-state index contributed by atoms with van der Waals surface area (Å²) in [5.74, 6) is -0.217. The van der Waals surface area contributed by atoms with Crippen LogP contribution in [-0.2, 0) is 16.0 Å². The van der Waals surface area contributed by atoms with Crippen molar-refractivity contribution in [1.82, 2.24) is 10.6 Å². The zero-order valence-corrected chi connectivity index (χ0v) is 15.6.